The van der Waals surface area contributed by atoms with Crippen LogP contribution in [-0.2, 0) is 6.54 Å². The molecule has 0 radical (unpaired) electrons. The molecule has 0 atom stereocenters. The zero-order chi connectivity index (χ0) is 17.3. The Morgan fingerprint density at radius 2 is 2.08 bits per heavy atom. The maximum Gasteiger partial charge on any atom is 0.187 e. The van der Waals surface area contributed by atoms with E-state index in [1.165, 1.54) is 31.2 Å². The quantitative estimate of drug-likeness (QED) is 0.474. The minimum Gasteiger partial charge on any atom is -0.359 e. The van der Waals surface area contributed by atoms with Crippen LogP contribution in [0.4, 0.5) is 0 Å². The number of aromatic nitrogens is 3. The van der Waals surface area contributed by atoms with E-state index in [0.717, 1.165) is 5.69 Å². The first-order chi connectivity index (χ1) is 12.3. The minimum absolute atomic E-state index is 0.491. The highest BCUT2D eigenvalue weighted by atomic mass is 32.1. The van der Waals surface area contributed by atoms with Crippen LogP contribution in [0.15, 0.2) is 47.7 Å². The molecule has 0 bridgehead atoms. The lowest BCUT2D eigenvalue weighted by Gasteiger charge is -2.12. The number of hydrogen-bond donors (Lipinski definition) is 2. The Hall–Kier alpha value is -2.54. The van der Waals surface area contributed by atoms with Gasteiger partial charge in [0.2, 0.25) is 0 Å². The molecule has 3 rings (SSSR count). The van der Waals surface area contributed by atoms with E-state index >= 15 is 0 Å². The lowest BCUT2D eigenvalue weighted by molar-refractivity contribution is 0.624. The molecule has 0 saturated heterocycles. The number of hydrogen-bond acceptors (Lipinski definition) is 4. The molecule has 130 valence electrons. The summed E-state index contributed by atoms with van der Waals surface area (Å²) in [5.74, 6) is 0. The Balaban J connectivity index is 1.42. The SMILES string of the molecule is S=C(N/N=C\C=C\c1cn(Cc2ccccc2)nn1)NC1CCCC1. The molecule has 7 heteroatoms. The van der Waals surface area contributed by atoms with E-state index in [0.29, 0.717) is 17.7 Å². The lowest BCUT2D eigenvalue weighted by atomic mass is 10.2. The van der Waals surface area contributed by atoms with Gasteiger partial charge in [0.1, 0.15) is 5.69 Å². The largest absolute Gasteiger partial charge is 0.359 e. The van der Waals surface area contributed by atoms with Crippen LogP contribution in [0.2, 0.25) is 0 Å². The van der Waals surface area contributed by atoms with Gasteiger partial charge in [-0.05, 0) is 42.8 Å². The molecule has 1 aromatic heterocycles. The van der Waals surface area contributed by atoms with Crippen molar-refractivity contribution in [2.75, 3.05) is 0 Å². The van der Waals surface area contributed by atoms with Crippen molar-refractivity contribution >= 4 is 29.6 Å². The standard InChI is InChI=1S/C18H22N6S/c25-18(20-16-9-4-5-10-16)22-19-12-6-11-17-14-24(23-21-17)13-15-7-2-1-3-8-15/h1-3,6-8,11-12,14,16H,4-5,9-10,13H2,(H2,20,22,25)/b11-6+,19-12-. The van der Waals surface area contributed by atoms with Gasteiger partial charge >= 0.3 is 0 Å². The van der Waals surface area contributed by atoms with E-state index < -0.39 is 0 Å². The first-order valence-corrected chi connectivity index (χ1v) is 8.91. The summed E-state index contributed by atoms with van der Waals surface area (Å²) < 4.78 is 1.81. The fourth-order valence-electron chi connectivity index (χ4n) is 2.81. The number of nitrogens with one attached hydrogen (secondary N) is 2. The second-order valence-corrected chi connectivity index (χ2v) is 6.44. The lowest BCUT2D eigenvalue weighted by Crippen LogP contribution is -2.38. The Bertz CT molecular complexity index is 731. The Kier molecular flexibility index (Phi) is 6.28. The number of benzene rings is 1. The van der Waals surface area contributed by atoms with Gasteiger partial charge < -0.3 is 5.32 Å². The van der Waals surface area contributed by atoms with E-state index in [-0.39, 0.29) is 0 Å². The van der Waals surface area contributed by atoms with Crippen LogP contribution in [0.5, 0.6) is 0 Å². The fraction of sp³-hybridized carbons (Fsp3) is 0.333. The van der Waals surface area contributed by atoms with E-state index in [1.807, 2.05) is 41.2 Å². The molecule has 0 amide bonds. The van der Waals surface area contributed by atoms with Gasteiger partial charge in [-0.2, -0.15) is 5.10 Å². The van der Waals surface area contributed by atoms with Crippen molar-refractivity contribution in [3.05, 3.63) is 53.9 Å². The van der Waals surface area contributed by atoms with Gasteiger partial charge in [0, 0.05) is 12.3 Å². The molecule has 25 heavy (non-hydrogen) atoms. The molecule has 1 aliphatic rings. The molecule has 1 aromatic carbocycles. The van der Waals surface area contributed by atoms with Gasteiger partial charge in [-0.1, -0.05) is 48.4 Å². The molecule has 1 heterocycles. The van der Waals surface area contributed by atoms with Crippen LogP contribution in [0, 0.1) is 0 Å². The second kappa shape index (κ2) is 9.08. The van der Waals surface area contributed by atoms with Gasteiger partial charge in [-0.3, -0.25) is 5.43 Å². The third-order valence-corrected chi connectivity index (χ3v) is 4.24. The van der Waals surface area contributed by atoms with Gasteiger partial charge in [0.05, 0.1) is 12.7 Å². The molecule has 2 N–H and O–H groups in total. The summed E-state index contributed by atoms with van der Waals surface area (Å²) in [5, 5.41) is 16.2. The normalized spacial score (nSPS) is 15.2. The summed E-state index contributed by atoms with van der Waals surface area (Å²) in [4.78, 5) is 0. The molecule has 1 saturated carbocycles. The van der Waals surface area contributed by atoms with Crippen LogP contribution in [0.25, 0.3) is 6.08 Å². The summed E-state index contributed by atoms with van der Waals surface area (Å²) in [7, 11) is 0. The Labute approximate surface area is 153 Å². The average molecular weight is 354 g/mol. The van der Waals surface area contributed by atoms with Crippen molar-refractivity contribution in [2.24, 2.45) is 5.10 Å². The van der Waals surface area contributed by atoms with Crippen molar-refractivity contribution < 1.29 is 0 Å². The molecule has 2 aromatic rings. The molecular formula is C18H22N6S. The highest BCUT2D eigenvalue weighted by molar-refractivity contribution is 7.80. The van der Waals surface area contributed by atoms with Crippen LogP contribution >= 0.6 is 12.2 Å². The fourth-order valence-corrected chi connectivity index (χ4v) is 3.03. The molecular weight excluding hydrogens is 332 g/mol. The summed E-state index contributed by atoms with van der Waals surface area (Å²) in [5.41, 5.74) is 4.81. The topological polar surface area (TPSA) is 67.1 Å². The smallest absolute Gasteiger partial charge is 0.187 e. The van der Waals surface area contributed by atoms with E-state index in [2.05, 4.69) is 38.3 Å². The van der Waals surface area contributed by atoms with Crippen LogP contribution in [-0.4, -0.2) is 32.4 Å². The van der Waals surface area contributed by atoms with Gasteiger partial charge in [0.25, 0.3) is 0 Å². The summed E-state index contributed by atoms with van der Waals surface area (Å²) in [6, 6.07) is 10.7. The van der Waals surface area contributed by atoms with Crippen molar-refractivity contribution in [2.45, 2.75) is 38.3 Å². The van der Waals surface area contributed by atoms with Crippen molar-refractivity contribution in [3.8, 4) is 0 Å². The average Bonchev–Trinajstić information content (AvgIpc) is 3.28. The van der Waals surface area contributed by atoms with Crippen LogP contribution in [0.3, 0.4) is 0 Å². The number of allylic oxidation sites excluding steroid dienone is 1. The highest BCUT2D eigenvalue weighted by Crippen LogP contribution is 2.17. The summed E-state index contributed by atoms with van der Waals surface area (Å²) in [6.45, 7) is 0.707. The van der Waals surface area contributed by atoms with Gasteiger partial charge in [-0.25, -0.2) is 4.68 Å². The highest BCUT2D eigenvalue weighted by Gasteiger charge is 2.14. The first-order valence-electron chi connectivity index (χ1n) is 8.50. The van der Waals surface area contributed by atoms with Crippen LogP contribution in [0.1, 0.15) is 36.9 Å². The summed E-state index contributed by atoms with van der Waals surface area (Å²) in [6.07, 6.45) is 12.1. The third kappa shape index (κ3) is 5.79. The Morgan fingerprint density at radius 3 is 2.88 bits per heavy atom. The minimum atomic E-state index is 0.491. The van der Waals surface area contributed by atoms with E-state index in [4.69, 9.17) is 12.2 Å². The van der Waals surface area contributed by atoms with Crippen molar-refractivity contribution in [1.29, 1.82) is 0 Å². The van der Waals surface area contributed by atoms with Gasteiger partial charge in [-0.15, -0.1) is 5.10 Å². The third-order valence-electron chi connectivity index (χ3n) is 4.03. The second-order valence-electron chi connectivity index (χ2n) is 6.03. The first kappa shape index (κ1) is 17.3. The number of hydrazone groups is 1. The summed E-state index contributed by atoms with van der Waals surface area (Å²) >= 11 is 5.21. The number of thiocarbonyl (C=S) groups is 1. The predicted octanol–water partition coefficient (Wildman–Crippen LogP) is 2.73. The Morgan fingerprint density at radius 1 is 1.28 bits per heavy atom. The van der Waals surface area contributed by atoms with Crippen molar-refractivity contribution in [3.63, 3.8) is 0 Å². The zero-order valence-corrected chi connectivity index (χ0v) is 14.8. The van der Waals surface area contributed by atoms with E-state index in [1.54, 1.807) is 6.21 Å². The molecule has 1 aliphatic carbocycles. The molecule has 0 spiro atoms. The maximum atomic E-state index is 5.21. The number of nitrogens with zero attached hydrogens (tertiary/aromatic N) is 4. The number of rotatable bonds is 6. The maximum absolute atomic E-state index is 5.21. The van der Waals surface area contributed by atoms with Gasteiger partial charge in [0.15, 0.2) is 5.11 Å². The van der Waals surface area contributed by atoms with E-state index in [9.17, 15) is 0 Å². The van der Waals surface area contributed by atoms with Crippen molar-refractivity contribution in [1.82, 2.24) is 25.7 Å². The molecule has 1 fully saturated rings. The molecule has 0 unspecified atom stereocenters. The molecule has 0 aliphatic heterocycles. The van der Waals surface area contributed by atoms with Crippen LogP contribution < -0.4 is 10.7 Å². The monoisotopic (exact) mass is 354 g/mol. The molecule has 6 nitrogen and oxygen atoms in total. The predicted molar refractivity (Wildman–Crippen MR) is 104 cm³/mol. The zero-order valence-electron chi connectivity index (χ0n) is 14.0.